The molecule has 21 heavy (non-hydrogen) atoms. The number of carbonyl (C=O) groups is 2. The summed E-state index contributed by atoms with van der Waals surface area (Å²) >= 11 is 5.94. The number of piperazine rings is 1. The third kappa shape index (κ3) is 3.64. The van der Waals surface area contributed by atoms with Gasteiger partial charge in [-0.15, -0.1) is 0 Å². The Hall–Kier alpha value is -1.82. The van der Waals surface area contributed by atoms with Crippen molar-refractivity contribution >= 4 is 23.6 Å². The van der Waals surface area contributed by atoms with Gasteiger partial charge in [-0.05, 0) is 18.6 Å². The molecule has 1 saturated heterocycles. The van der Waals surface area contributed by atoms with E-state index in [0.717, 1.165) is 12.1 Å². The SMILES string of the molecule is CCc1cc(C(=O)N2CCN(C(=O)OC)CC2)cc(Cl)n1. The van der Waals surface area contributed by atoms with Crippen LogP contribution < -0.4 is 0 Å². The van der Waals surface area contributed by atoms with Gasteiger partial charge in [-0.2, -0.15) is 0 Å². The zero-order valence-corrected chi connectivity index (χ0v) is 12.9. The zero-order chi connectivity index (χ0) is 15.4. The molecule has 1 fully saturated rings. The van der Waals surface area contributed by atoms with Gasteiger partial charge in [0.25, 0.3) is 5.91 Å². The van der Waals surface area contributed by atoms with Crippen LogP contribution in [0.25, 0.3) is 0 Å². The summed E-state index contributed by atoms with van der Waals surface area (Å²) in [5.74, 6) is -0.0847. The fourth-order valence-corrected chi connectivity index (χ4v) is 2.49. The van der Waals surface area contributed by atoms with E-state index in [1.54, 1.807) is 21.9 Å². The highest BCUT2D eigenvalue weighted by Gasteiger charge is 2.25. The summed E-state index contributed by atoms with van der Waals surface area (Å²) < 4.78 is 4.67. The van der Waals surface area contributed by atoms with Crippen LogP contribution in [0.3, 0.4) is 0 Å². The number of pyridine rings is 1. The van der Waals surface area contributed by atoms with Gasteiger partial charge in [0.05, 0.1) is 7.11 Å². The fourth-order valence-electron chi connectivity index (χ4n) is 2.26. The second kappa shape index (κ2) is 6.76. The Morgan fingerprint density at radius 3 is 2.43 bits per heavy atom. The smallest absolute Gasteiger partial charge is 0.409 e. The molecule has 114 valence electrons. The number of carbonyl (C=O) groups excluding carboxylic acids is 2. The quantitative estimate of drug-likeness (QED) is 0.782. The second-order valence-corrected chi connectivity index (χ2v) is 5.16. The molecule has 1 aromatic rings. The van der Waals surface area contributed by atoms with Crippen molar-refractivity contribution in [2.45, 2.75) is 13.3 Å². The summed E-state index contributed by atoms with van der Waals surface area (Å²) in [5, 5.41) is 0.325. The number of hydrogen-bond acceptors (Lipinski definition) is 4. The molecule has 6 nitrogen and oxygen atoms in total. The topological polar surface area (TPSA) is 62.7 Å². The molecule has 2 rings (SSSR count). The van der Waals surface area contributed by atoms with Crippen LogP contribution >= 0.6 is 11.6 Å². The van der Waals surface area contributed by atoms with Gasteiger partial charge in [0, 0.05) is 37.4 Å². The highest BCUT2D eigenvalue weighted by atomic mass is 35.5. The molecule has 2 amide bonds. The summed E-state index contributed by atoms with van der Waals surface area (Å²) in [6.45, 7) is 3.86. The van der Waals surface area contributed by atoms with Crippen LogP contribution in [-0.4, -0.2) is 60.1 Å². The number of amides is 2. The van der Waals surface area contributed by atoms with E-state index >= 15 is 0 Å². The summed E-state index contributed by atoms with van der Waals surface area (Å²) in [5.41, 5.74) is 1.33. The number of aryl methyl sites for hydroxylation is 1. The van der Waals surface area contributed by atoms with E-state index in [1.807, 2.05) is 6.92 Å². The predicted octanol–water partition coefficient (Wildman–Crippen LogP) is 1.82. The van der Waals surface area contributed by atoms with Crippen molar-refractivity contribution in [1.29, 1.82) is 0 Å². The lowest BCUT2D eigenvalue weighted by Crippen LogP contribution is -2.50. The third-order valence-electron chi connectivity index (χ3n) is 3.46. The van der Waals surface area contributed by atoms with Crippen molar-refractivity contribution in [1.82, 2.24) is 14.8 Å². The molecule has 7 heteroatoms. The first-order chi connectivity index (χ1) is 10.0. The Kier molecular flexibility index (Phi) is 5.01. The molecule has 0 radical (unpaired) electrons. The van der Waals surface area contributed by atoms with Crippen molar-refractivity contribution in [3.63, 3.8) is 0 Å². The molecule has 0 aromatic carbocycles. The molecule has 0 saturated carbocycles. The first-order valence-electron chi connectivity index (χ1n) is 6.83. The van der Waals surface area contributed by atoms with E-state index in [9.17, 15) is 9.59 Å². The van der Waals surface area contributed by atoms with E-state index in [4.69, 9.17) is 11.6 Å². The second-order valence-electron chi connectivity index (χ2n) is 4.77. The summed E-state index contributed by atoms with van der Waals surface area (Å²) in [6, 6.07) is 3.34. The maximum Gasteiger partial charge on any atom is 0.409 e. The van der Waals surface area contributed by atoms with E-state index in [-0.39, 0.29) is 12.0 Å². The minimum absolute atomic E-state index is 0.0847. The average molecular weight is 312 g/mol. The van der Waals surface area contributed by atoms with Gasteiger partial charge in [-0.3, -0.25) is 4.79 Å². The Morgan fingerprint density at radius 1 is 1.24 bits per heavy atom. The van der Waals surface area contributed by atoms with Crippen molar-refractivity contribution in [2.75, 3.05) is 33.3 Å². The van der Waals surface area contributed by atoms with Crippen molar-refractivity contribution < 1.29 is 14.3 Å². The minimum atomic E-state index is -0.359. The number of aromatic nitrogens is 1. The van der Waals surface area contributed by atoms with Crippen LogP contribution in [0.5, 0.6) is 0 Å². The lowest BCUT2D eigenvalue weighted by molar-refractivity contribution is 0.0599. The van der Waals surface area contributed by atoms with E-state index in [1.165, 1.54) is 7.11 Å². The van der Waals surface area contributed by atoms with E-state index in [2.05, 4.69) is 9.72 Å². The lowest BCUT2D eigenvalue weighted by Gasteiger charge is -2.33. The molecule has 0 bridgehead atoms. The van der Waals surface area contributed by atoms with Gasteiger partial charge >= 0.3 is 6.09 Å². The van der Waals surface area contributed by atoms with Crippen molar-refractivity contribution in [3.05, 3.63) is 28.5 Å². The van der Waals surface area contributed by atoms with Crippen LogP contribution in [0.1, 0.15) is 23.0 Å². The van der Waals surface area contributed by atoms with Crippen LogP contribution in [0.4, 0.5) is 4.79 Å². The first kappa shape index (κ1) is 15.6. The minimum Gasteiger partial charge on any atom is -0.453 e. The Morgan fingerprint density at radius 2 is 1.86 bits per heavy atom. The standard InChI is InChI=1S/C14H18ClN3O3/c1-3-11-8-10(9-12(15)16-11)13(19)17-4-6-18(7-5-17)14(20)21-2/h8-9H,3-7H2,1-2H3. The average Bonchev–Trinajstić information content (AvgIpc) is 2.52. The molecule has 0 atom stereocenters. The van der Waals surface area contributed by atoms with Gasteiger partial charge in [0.15, 0.2) is 0 Å². The van der Waals surface area contributed by atoms with Crippen molar-refractivity contribution in [2.24, 2.45) is 0 Å². The molecular weight excluding hydrogens is 294 g/mol. The van der Waals surface area contributed by atoms with E-state index in [0.29, 0.717) is 36.9 Å². The number of methoxy groups -OCH3 is 1. The first-order valence-corrected chi connectivity index (χ1v) is 7.21. The Balaban J connectivity index is 2.05. The summed E-state index contributed by atoms with van der Waals surface area (Å²) in [7, 11) is 1.35. The molecule has 2 heterocycles. The van der Waals surface area contributed by atoms with Crippen LogP contribution in [0.2, 0.25) is 5.15 Å². The van der Waals surface area contributed by atoms with Crippen LogP contribution in [0, 0.1) is 0 Å². The largest absolute Gasteiger partial charge is 0.453 e. The van der Waals surface area contributed by atoms with Crippen molar-refractivity contribution in [3.8, 4) is 0 Å². The number of rotatable bonds is 2. The molecule has 0 N–H and O–H groups in total. The number of hydrogen-bond donors (Lipinski definition) is 0. The number of nitrogens with zero attached hydrogens (tertiary/aromatic N) is 3. The molecule has 0 aliphatic carbocycles. The molecular formula is C14H18ClN3O3. The van der Waals surface area contributed by atoms with Crippen LogP contribution in [-0.2, 0) is 11.2 Å². The monoisotopic (exact) mass is 311 g/mol. The predicted molar refractivity (Wildman–Crippen MR) is 78.5 cm³/mol. The Bertz CT molecular complexity index is 542. The zero-order valence-electron chi connectivity index (χ0n) is 12.1. The normalized spacial score (nSPS) is 15.0. The lowest BCUT2D eigenvalue weighted by atomic mass is 10.1. The fraction of sp³-hybridized carbons (Fsp3) is 0.500. The molecule has 1 aliphatic heterocycles. The van der Waals surface area contributed by atoms with Gasteiger partial charge in [-0.1, -0.05) is 18.5 Å². The molecule has 1 aromatic heterocycles. The highest BCUT2D eigenvalue weighted by molar-refractivity contribution is 6.29. The number of halogens is 1. The van der Waals surface area contributed by atoms with Gasteiger partial charge in [-0.25, -0.2) is 9.78 Å². The summed E-state index contributed by atoms with van der Waals surface area (Å²) in [6.07, 6.45) is 0.360. The third-order valence-corrected chi connectivity index (χ3v) is 3.65. The van der Waals surface area contributed by atoms with Gasteiger partial charge in [0.2, 0.25) is 0 Å². The summed E-state index contributed by atoms with van der Waals surface area (Å²) in [4.78, 5) is 31.3. The molecule has 1 aliphatic rings. The maximum absolute atomic E-state index is 12.5. The van der Waals surface area contributed by atoms with Gasteiger partial charge in [0.1, 0.15) is 5.15 Å². The van der Waals surface area contributed by atoms with Gasteiger partial charge < -0.3 is 14.5 Å². The molecule has 0 spiro atoms. The van der Waals surface area contributed by atoms with Crippen LogP contribution in [0.15, 0.2) is 12.1 Å². The highest BCUT2D eigenvalue weighted by Crippen LogP contribution is 2.15. The number of ether oxygens (including phenoxy) is 1. The maximum atomic E-state index is 12.5. The Labute approximate surface area is 128 Å². The van der Waals surface area contributed by atoms with E-state index < -0.39 is 0 Å². The molecule has 0 unspecified atom stereocenters.